The highest BCUT2D eigenvalue weighted by Crippen LogP contribution is 2.45. The topological polar surface area (TPSA) is 48.0 Å². The van der Waals surface area contributed by atoms with Gasteiger partial charge in [0.1, 0.15) is 5.75 Å². The number of phenolic OH excluding ortho intramolecular Hbond substituents is 1. The largest absolute Gasteiger partial charge is 0.507 e. The van der Waals surface area contributed by atoms with E-state index in [0.717, 1.165) is 42.5 Å². The molecule has 3 N–H and O–H groups in total. The summed E-state index contributed by atoms with van der Waals surface area (Å²) in [5.41, 5.74) is 7.31. The molecule has 1 fully saturated rings. The first-order valence-corrected chi connectivity index (χ1v) is 10.9. The van der Waals surface area contributed by atoms with Crippen LogP contribution in [0.2, 0.25) is 0 Å². The van der Waals surface area contributed by atoms with Crippen molar-refractivity contribution in [3.05, 3.63) is 58.8 Å². The normalized spacial score (nSPS) is 19.2. The molecule has 0 unspecified atom stereocenters. The number of aromatic hydroxyl groups is 1. The summed E-state index contributed by atoms with van der Waals surface area (Å²) in [6.07, 6.45) is 9.09. The van der Waals surface area contributed by atoms with Crippen LogP contribution in [0.15, 0.2) is 36.4 Å². The SMILES string of the molecule is CCCc1c(O)c2c(c3[nH]c(C4CCCC4)cc13)N[C@H](Cc1ccccc1)C2. The van der Waals surface area contributed by atoms with Crippen LogP contribution >= 0.6 is 0 Å². The van der Waals surface area contributed by atoms with Crippen LogP contribution in [0.1, 0.15) is 67.3 Å². The Labute approximate surface area is 167 Å². The highest BCUT2D eigenvalue weighted by Gasteiger charge is 2.30. The van der Waals surface area contributed by atoms with Gasteiger partial charge in [0.25, 0.3) is 0 Å². The molecule has 0 saturated heterocycles. The lowest BCUT2D eigenvalue weighted by molar-refractivity contribution is 0.462. The maximum absolute atomic E-state index is 11.1. The number of anilines is 1. The minimum absolute atomic E-state index is 0.335. The van der Waals surface area contributed by atoms with E-state index in [9.17, 15) is 5.11 Å². The molecule has 0 radical (unpaired) electrons. The van der Waals surface area contributed by atoms with E-state index in [0.29, 0.717) is 17.7 Å². The van der Waals surface area contributed by atoms with Crippen molar-refractivity contribution >= 4 is 16.6 Å². The zero-order valence-electron chi connectivity index (χ0n) is 16.7. The van der Waals surface area contributed by atoms with Crippen LogP contribution in [-0.2, 0) is 19.3 Å². The summed E-state index contributed by atoms with van der Waals surface area (Å²) in [7, 11) is 0. The first kappa shape index (κ1) is 17.7. The fraction of sp³-hybridized carbons (Fsp3) is 0.440. The van der Waals surface area contributed by atoms with Gasteiger partial charge in [-0.25, -0.2) is 0 Å². The molecule has 5 rings (SSSR count). The number of fused-ring (bicyclic) bond motifs is 3. The van der Waals surface area contributed by atoms with Crippen molar-refractivity contribution in [1.29, 1.82) is 0 Å². The molecule has 1 atom stereocenters. The lowest BCUT2D eigenvalue weighted by atomic mass is 9.96. The van der Waals surface area contributed by atoms with Gasteiger partial charge in [0.2, 0.25) is 0 Å². The third-order valence-electron chi connectivity index (χ3n) is 6.71. The van der Waals surface area contributed by atoms with Crippen molar-refractivity contribution in [1.82, 2.24) is 4.98 Å². The Hall–Kier alpha value is -2.42. The second-order valence-electron chi connectivity index (χ2n) is 8.66. The average molecular weight is 375 g/mol. The zero-order chi connectivity index (χ0) is 19.1. The van der Waals surface area contributed by atoms with Crippen LogP contribution in [-0.4, -0.2) is 16.1 Å². The van der Waals surface area contributed by atoms with E-state index in [4.69, 9.17) is 0 Å². The predicted octanol–water partition coefficient (Wildman–Crippen LogP) is 6.06. The molecule has 2 heterocycles. The Balaban J connectivity index is 1.55. The molecule has 2 aliphatic rings. The highest BCUT2D eigenvalue weighted by molar-refractivity contribution is 5.99. The number of phenols is 1. The lowest BCUT2D eigenvalue weighted by Crippen LogP contribution is -2.18. The van der Waals surface area contributed by atoms with Crippen LogP contribution in [0.25, 0.3) is 10.9 Å². The van der Waals surface area contributed by atoms with Gasteiger partial charge in [-0.05, 0) is 49.7 Å². The van der Waals surface area contributed by atoms with Gasteiger partial charge in [0, 0.05) is 28.2 Å². The lowest BCUT2D eigenvalue weighted by Gasteiger charge is -2.12. The third kappa shape index (κ3) is 2.97. The average Bonchev–Trinajstić information content (AvgIpc) is 3.44. The summed E-state index contributed by atoms with van der Waals surface area (Å²) in [6, 6.07) is 13.3. The Bertz CT molecular complexity index is 983. The molecule has 1 saturated carbocycles. The molecule has 146 valence electrons. The molecule has 1 aromatic heterocycles. The minimum atomic E-state index is 0.335. The smallest absolute Gasteiger partial charge is 0.124 e. The molecule has 3 aromatic rings. The number of hydrogen-bond acceptors (Lipinski definition) is 2. The van der Waals surface area contributed by atoms with E-state index in [1.807, 2.05) is 0 Å². The molecule has 1 aliphatic carbocycles. The Morgan fingerprint density at radius 2 is 1.89 bits per heavy atom. The Morgan fingerprint density at radius 1 is 1.11 bits per heavy atom. The highest BCUT2D eigenvalue weighted by atomic mass is 16.3. The standard InChI is InChI=1S/C25H30N2O/c1-2-8-19-20-15-22(17-11-6-7-12-17)27-23(20)24-21(25(19)28)14-18(26-24)13-16-9-4-3-5-10-16/h3-5,9-10,15,17-18,26-28H,2,6-8,11-14H2,1H3/t18-/m1/s1. The maximum atomic E-state index is 11.1. The van der Waals surface area contributed by atoms with E-state index in [-0.39, 0.29) is 0 Å². The van der Waals surface area contributed by atoms with Gasteiger partial charge in [0.05, 0.1) is 11.2 Å². The monoisotopic (exact) mass is 374 g/mol. The van der Waals surface area contributed by atoms with E-state index < -0.39 is 0 Å². The number of nitrogens with one attached hydrogen (secondary N) is 2. The van der Waals surface area contributed by atoms with Gasteiger partial charge in [0.15, 0.2) is 0 Å². The van der Waals surface area contributed by atoms with Crippen molar-refractivity contribution in [3.63, 3.8) is 0 Å². The molecule has 0 amide bonds. The first-order valence-electron chi connectivity index (χ1n) is 10.9. The summed E-state index contributed by atoms with van der Waals surface area (Å²) < 4.78 is 0. The maximum Gasteiger partial charge on any atom is 0.124 e. The van der Waals surface area contributed by atoms with E-state index in [1.165, 1.54) is 47.8 Å². The van der Waals surface area contributed by atoms with Crippen molar-refractivity contribution in [2.24, 2.45) is 0 Å². The van der Waals surface area contributed by atoms with Gasteiger partial charge >= 0.3 is 0 Å². The quantitative estimate of drug-likeness (QED) is 0.508. The van der Waals surface area contributed by atoms with Crippen LogP contribution in [0.4, 0.5) is 5.69 Å². The van der Waals surface area contributed by atoms with Gasteiger partial charge in [-0.15, -0.1) is 0 Å². The van der Waals surface area contributed by atoms with Crippen LogP contribution in [0.3, 0.4) is 0 Å². The number of aromatic nitrogens is 1. The summed E-state index contributed by atoms with van der Waals surface area (Å²) in [4.78, 5) is 3.77. The molecular weight excluding hydrogens is 344 g/mol. The Morgan fingerprint density at radius 3 is 2.64 bits per heavy atom. The summed E-state index contributed by atoms with van der Waals surface area (Å²) in [5.74, 6) is 1.19. The third-order valence-corrected chi connectivity index (χ3v) is 6.71. The van der Waals surface area contributed by atoms with E-state index in [1.54, 1.807) is 0 Å². The molecule has 0 bridgehead atoms. The van der Waals surface area contributed by atoms with E-state index >= 15 is 0 Å². The summed E-state index contributed by atoms with van der Waals surface area (Å²) >= 11 is 0. The molecule has 2 aromatic carbocycles. The predicted molar refractivity (Wildman–Crippen MR) is 116 cm³/mol. The van der Waals surface area contributed by atoms with Gasteiger partial charge in [-0.3, -0.25) is 0 Å². The zero-order valence-corrected chi connectivity index (χ0v) is 16.7. The van der Waals surface area contributed by atoms with Crippen LogP contribution < -0.4 is 5.32 Å². The summed E-state index contributed by atoms with van der Waals surface area (Å²) in [6.45, 7) is 2.19. The fourth-order valence-corrected chi connectivity index (χ4v) is 5.33. The second kappa shape index (κ2) is 7.20. The van der Waals surface area contributed by atoms with E-state index in [2.05, 4.69) is 53.6 Å². The number of aryl methyl sites for hydroxylation is 1. The summed E-state index contributed by atoms with van der Waals surface area (Å²) in [5, 5.41) is 16.1. The number of H-pyrrole nitrogens is 1. The van der Waals surface area contributed by atoms with Crippen molar-refractivity contribution in [2.75, 3.05) is 5.32 Å². The number of hydrogen-bond donors (Lipinski definition) is 3. The van der Waals surface area contributed by atoms with Crippen molar-refractivity contribution < 1.29 is 5.11 Å². The van der Waals surface area contributed by atoms with Crippen LogP contribution in [0.5, 0.6) is 5.75 Å². The molecule has 3 nitrogen and oxygen atoms in total. The van der Waals surface area contributed by atoms with Crippen LogP contribution in [0, 0.1) is 0 Å². The number of benzene rings is 2. The van der Waals surface area contributed by atoms with Gasteiger partial charge in [-0.2, -0.15) is 0 Å². The Kier molecular flexibility index (Phi) is 4.54. The number of aromatic amines is 1. The molecule has 28 heavy (non-hydrogen) atoms. The molecular formula is C25H30N2O. The second-order valence-corrected chi connectivity index (χ2v) is 8.66. The molecule has 3 heteroatoms. The van der Waals surface area contributed by atoms with Gasteiger partial charge in [-0.1, -0.05) is 56.5 Å². The van der Waals surface area contributed by atoms with Gasteiger partial charge < -0.3 is 15.4 Å². The van der Waals surface area contributed by atoms with Crippen molar-refractivity contribution in [2.45, 2.75) is 70.3 Å². The molecule has 1 aliphatic heterocycles. The molecule has 0 spiro atoms. The van der Waals surface area contributed by atoms with Crippen molar-refractivity contribution in [3.8, 4) is 5.75 Å². The number of rotatable bonds is 5. The first-order chi connectivity index (χ1) is 13.7. The minimum Gasteiger partial charge on any atom is -0.507 e. The fourth-order valence-electron chi connectivity index (χ4n) is 5.33.